The fourth-order valence-electron chi connectivity index (χ4n) is 3.26. The summed E-state index contributed by atoms with van der Waals surface area (Å²) in [7, 11) is 0. The predicted molar refractivity (Wildman–Crippen MR) is 129 cm³/mol. The van der Waals surface area contributed by atoms with Crippen molar-refractivity contribution in [1.82, 2.24) is 10.3 Å². The number of carboxylic acids is 1. The van der Waals surface area contributed by atoms with Crippen LogP contribution in [-0.4, -0.2) is 28.6 Å². The largest absolute Gasteiger partial charge is 0.480 e. The highest BCUT2D eigenvalue weighted by Gasteiger charge is 2.33. The standard InChI is InChI=1S/C24H22Cl2F3N3O3/c1-2-21(23(33)34)30-10-9-14-3-6-17(12-18(14)24(27,28)29)35-22-8-5-16(13-31-22)32-15-4-7-19(25)20(26)11-15/h3-8,11-13,21,30,32H,2,9-10H2,1H3,(H,33,34). The lowest BCUT2D eigenvalue weighted by Crippen LogP contribution is -2.37. The van der Waals surface area contributed by atoms with Crippen molar-refractivity contribution in [2.75, 3.05) is 11.9 Å². The number of halogens is 5. The van der Waals surface area contributed by atoms with E-state index in [1.165, 1.54) is 24.4 Å². The summed E-state index contributed by atoms with van der Waals surface area (Å²) < 4.78 is 46.5. The lowest BCUT2D eigenvalue weighted by atomic mass is 10.0. The van der Waals surface area contributed by atoms with Gasteiger partial charge in [0.05, 0.1) is 27.5 Å². The van der Waals surface area contributed by atoms with E-state index in [-0.39, 0.29) is 30.2 Å². The number of benzene rings is 2. The van der Waals surface area contributed by atoms with Crippen molar-refractivity contribution in [2.45, 2.75) is 32.0 Å². The number of ether oxygens (including phenoxy) is 1. The van der Waals surface area contributed by atoms with Crippen LogP contribution in [0.4, 0.5) is 24.5 Å². The van der Waals surface area contributed by atoms with Gasteiger partial charge in [0, 0.05) is 11.8 Å². The molecule has 11 heteroatoms. The maximum atomic E-state index is 13.6. The summed E-state index contributed by atoms with van der Waals surface area (Å²) in [6, 6.07) is 11.0. The fraction of sp³-hybridized carbons (Fsp3) is 0.250. The van der Waals surface area contributed by atoms with Crippen molar-refractivity contribution in [3.05, 3.63) is 75.9 Å². The number of hydrogen-bond donors (Lipinski definition) is 3. The van der Waals surface area contributed by atoms with Crippen LogP contribution in [0.3, 0.4) is 0 Å². The number of carbonyl (C=O) groups is 1. The Balaban J connectivity index is 1.69. The normalized spacial score (nSPS) is 12.3. The van der Waals surface area contributed by atoms with Gasteiger partial charge < -0.3 is 20.5 Å². The maximum Gasteiger partial charge on any atom is 0.416 e. The van der Waals surface area contributed by atoms with E-state index in [0.717, 1.165) is 6.07 Å². The monoisotopic (exact) mass is 527 g/mol. The second-order valence-corrected chi connectivity index (χ2v) is 8.38. The molecule has 0 fully saturated rings. The van der Waals surface area contributed by atoms with Gasteiger partial charge >= 0.3 is 12.1 Å². The van der Waals surface area contributed by atoms with Crippen molar-refractivity contribution in [2.24, 2.45) is 0 Å². The first-order valence-electron chi connectivity index (χ1n) is 10.6. The molecule has 0 saturated heterocycles. The number of carboxylic acid groups (broad SMARTS) is 1. The van der Waals surface area contributed by atoms with Crippen LogP contribution in [0, 0.1) is 0 Å². The minimum atomic E-state index is -4.60. The van der Waals surface area contributed by atoms with Crippen molar-refractivity contribution in [1.29, 1.82) is 0 Å². The van der Waals surface area contributed by atoms with E-state index < -0.39 is 23.8 Å². The van der Waals surface area contributed by atoms with Crippen molar-refractivity contribution < 1.29 is 27.8 Å². The Morgan fingerprint density at radius 3 is 2.43 bits per heavy atom. The quantitative estimate of drug-likeness (QED) is 0.265. The Kier molecular flexibility index (Phi) is 8.82. The van der Waals surface area contributed by atoms with Gasteiger partial charge in [0.2, 0.25) is 5.88 Å². The van der Waals surface area contributed by atoms with Gasteiger partial charge in [-0.1, -0.05) is 36.2 Å². The molecular weight excluding hydrogens is 506 g/mol. The molecule has 3 rings (SSSR count). The van der Waals surface area contributed by atoms with Crippen LogP contribution in [-0.2, 0) is 17.4 Å². The molecule has 2 aromatic carbocycles. The molecule has 0 amide bonds. The summed E-state index contributed by atoms with van der Waals surface area (Å²) in [4.78, 5) is 15.2. The van der Waals surface area contributed by atoms with Crippen molar-refractivity contribution >= 4 is 40.5 Å². The number of nitrogens with one attached hydrogen (secondary N) is 2. The Bertz CT molecular complexity index is 1170. The first-order chi connectivity index (χ1) is 16.6. The Hall–Kier alpha value is -3.01. The SMILES string of the molecule is CCC(NCCc1ccc(Oc2ccc(Nc3ccc(Cl)c(Cl)c3)cn2)cc1C(F)(F)F)C(=O)O. The second-order valence-electron chi connectivity index (χ2n) is 7.56. The Morgan fingerprint density at radius 1 is 1.09 bits per heavy atom. The summed E-state index contributed by atoms with van der Waals surface area (Å²) in [5.41, 5.74) is 0.481. The number of hydrogen-bond acceptors (Lipinski definition) is 5. The molecule has 3 N–H and O–H groups in total. The molecule has 0 saturated carbocycles. The van der Waals surface area contributed by atoms with Gasteiger partial charge in [-0.25, -0.2) is 4.98 Å². The number of alkyl halides is 3. The molecule has 186 valence electrons. The molecule has 1 aromatic heterocycles. The Labute approximate surface area is 210 Å². The lowest BCUT2D eigenvalue weighted by molar-refractivity contribution is -0.140. The van der Waals surface area contributed by atoms with Gasteiger partial charge in [0.1, 0.15) is 11.8 Å². The third-order valence-corrected chi connectivity index (χ3v) is 5.78. The first kappa shape index (κ1) is 26.6. The minimum absolute atomic E-state index is 0.00618. The fourth-order valence-corrected chi connectivity index (χ4v) is 3.56. The summed E-state index contributed by atoms with van der Waals surface area (Å²) in [5, 5.41) is 15.7. The number of aliphatic carboxylic acids is 1. The van der Waals surface area contributed by atoms with E-state index in [1.54, 1.807) is 31.2 Å². The van der Waals surface area contributed by atoms with Gasteiger partial charge in [0.15, 0.2) is 0 Å². The molecule has 0 aliphatic rings. The zero-order valence-electron chi connectivity index (χ0n) is 18.5. The van der Waals surface area contributed by atoms with Crippen molar-refractivity contribution in [3.63, 3.8) is 0 Å². The third-order valence-electron chi connectivity index (χ3n) is 5.05. The van der Waals surface area contributed by atoms with Crippen LogP contribution >= 0.6 is 23.2 Å². The zero-order valence-corrected chi connectivity index (χ0v) is 20.0. The minimum Gasteiger partial charge on any atom is -0.480 e. The number of anilines is 2. The summed E-state index contributed by atoms with van der Waals surface area (Å²) >= 11 is 11.9. The van der Waals surface area contributed by atoms with Gasteiger partial charge in [-0.05, 0) is 61.3 Å². The van der Waals surface area contributed by atoms with Crippen LogP contribution in [0.2, 0.25) is 10.0 Å². The van der Waals surface area contributed by atoms with E-state index in [1.807, 2.05) is 0 Å². The number of nitrogens with zero attached hydrogens (tertiary/aromatic N) is 1. The third kappa shape index (κ3) is 7.48. The number of aromatic nitrogens is 1. The molecular formula is C24H22Cl2F3N3O3. The molecule has 35 heavy (non-hydrogen) atoms. The Morgan fingerprint density at radius 2 is 1.83 bits per heavy atom. The van der Waals surface area contributed by atoms with E-state index in [0.29, 0.717) is 27.8 Å². The van der Waals surface area contributed by atoms with Crippen molar-refractivity contribution in [3.8, 4) is 11.6 Å². The highest BCUT2D eigenvalue weighted by Crippen LogP contribution is 2.36. The van der Waals surface area contributed by atoms with E-state index in [9.17, 15) is 18.0 Å². The van der Waals surface area contributed by atoms with Crippen LogP contribution in [0.25, 0.3) is 0 Å². The molecule has 0 radical (unpaired) electrons. The highest BCUT2D eigenvalue weighted by atomic mass is 35.5. The van der Waals surface area contributed by atoms with E-state index in [2.05, 4.69) is 15.6 Å². The van der Waals surface area contributed by atoms with E-state index >= 15 is 0 Å². The molecule has 1 heterocycles. The number of pyridine rings is 1. The lowest BCUT2D eigenvalue weighted by Gasteiger charge is -2.16. The smallest absolute Gasteiger partial charge is 0.416 e. The van der Waals surface area contributed by atoms with Gasteiger partial charge in [-0.15, -0.1) is 0 Å². The van der Waals surface area contributed by atoms with Crippen LogP contribution in [0.5, 0.6) is 11.6 Å². The van der Waals surface area contributed by atoms with Crippen LogP contribution < -0.4 is 15.4 Å². The molecule has 1 atom stereocenters. The topological polar surface area (TPSA) is 83.5 Å². The summed E-state index contributed by atoms with van der Waals surface area (Å²) in [5.74, 6) is -0.957. The predicted octanol–water partition coefficient (Wildman–Crippen LogP) is 6.94. The van der Waals surface area contributed by atoms with Gasteiger partial charge in [0.25, 0.3) is 0 Å². The zero-order chi connectivity index (χ0) is 25.6. The number of rotatable bonds is 10. The molecule has 0 aliphatic heterocycles. The highest BCUT2D eigenvalue weighted by molar-refractivity contribution is 6.42. The molecule has 0 spiro atoms. The summed E-state index contributed by atoms with van der Waals surface area (Å²) in [6.07, 6.45) is -2.81. The molecule has 0 bridgehead atoms. The maximum absolute atomic E-state index is 13.6. The van der Waals surface area contributed by atoms with E-state index in [4.69, 9.17) is 33.0 Å². The van der Waals surface area contributed by atoms with Crippen LogP contribution in [0.1, 0.15) is 24.5 Å². The van der Waals surface area contributed by atoms with Gasteiger partial charge in [-0.2, -0.15) is 13.2 Å². The van der Waals surface area contributed by atoms with Crippen LogP contribution in [0.15, 0.2) is 54.7 Å². The molecule has 1 unspecified atom stereocenters. The molecule has 6 nitrogen and oxygen atoms in total. The average molecular weight is 528 g/mol. The second kappa shape index (κ2) is 11.6. The first-order valence-corrected chi connectivity index (χ1v) is 11.3. The van der Waals surface area contributed by atoms with Gasteiger partial charge in [-0.3, -0.25) is 4.79 Å². The molecule has 0 aliphatic carbocycles. The average Bonchev–Trinajstić information content (AvgIpc) is 2.80. The summed E-state index contributed by atoms with van der Waals surface area (Å²) in [6.45, 7) is 1.77. The molecule has 3 aromatic rings.